The van der Waals surface area contributed by atoms with E-state index >= 15 is 0 Å². The molecule has 1 heterocycles. The Labute approximate surface area is 113 Å². The zero-order valence-electron chi connectivity index (χ0n) is 9.84. The van der Waals surface area contributed by atoms with Gasteiger partial charge in [-0.1, -0.05) is 36.7 Å². The van der Waals surface area contributed by atoms with E-state index in [0.29, 0.717) is 5.92 Å². The monoisotopic (exact) mass is 349 g/mol. The molecule has 0 aliphatic carbocycles. The third kappa shape index (κ3) is 3.74. The minimum absolute atomic E-state index is 0.0541. The number of hydrogen-bond donors (Lipinski definition) is 0. The number of pyridine rings is 1. The lowest BCUT2D eigenvalue weighted by atomic mass is 9.82. The van der Waals surface area contributed by atoms with Gasteiger partial charge in [0.15, 0.2) is 0 Å². The molecular formula is C12H17Br2NO. The van der Waals surface area contributed by atoms with Crippen LogP contribution in [-0.2, 0) is 6.54 Å². The fourth-order valence-electron chi connectivity index (χ4n) is 1.44. The Morgan fingerprint density at radius 2 is 2.00 bits per heavy atom. The van der Waals surface area contributed by atoms with Crippen LogP contribution in [0, 0.1) is 11.3 Å². The molecule has 2 nitrogen and oxygen atoms in total. The van der Waals surface area contributed by atoms with Crippen LogP contribution in [-0.4, -0.2) is 9.90 Å². The van der Waals surface area contributed by atoms with Gasteiger partial charge >= 0.3 is 0 Å². The molecular weight excluding hydrogens is 334 g/mol. The lowest BCUT2D eigenvalue weighted by Gasteiger charge is -2.29. The smallest absolute Gasteiger partial charge is 0.250 e. The van der Waals surface area contributed by atoms with Crippen LogP contribution in [0.3, 0.4) is 0 Å². The summed E-state index contributed by atoms with van der Waals surface area (Å²) in [5, 5.41) is 0.898. The number of rotatable bonds is 3. The summed E-state index contributed by atoms with van der Waals surface area (Å²) < 4.78 is 2.70. The summed E-state index contributed by atoms with van der Waals surface area (Å²) in [5.74, 6) is 0.430. The normalized spacial score (nSPS) is 13.8. The first-order valence-electron chi connectivity index (χ1n) is 5.26. The molecule has 0 aliphatic heterocycles. The van der Waals surface area contributed by atoms with Gasteiger partial charge in [-0.05, 0) is 33.3 Å². The van der Waals surface area contributed by atoms with E-state index in [0.717, 1.165) is 16.3 Å². The van der Waals surface area contributed by atoms with Crippen LogP contribution in [0.25, 0.3) is 0 Å². The van der Waals surface area contributed by atoms with Gasteiger partial charge in [0.05, 0.1) is 0 Å². The average Bonchev–Trinajstić information content (AvgIpc) is 2.17. The summed E-state index contributed by atoms with van der Waals surface area (Å²) in [6.07, 6.45) is 1.85. The van der Waals surface area contributed by atoms with Crippen LogP contribution in [0.2, 0.25) is 0 Å². The highest BCUT2D eigenvalue weighted by atomic mass is 79.9. The minimum atomic E-state index is 0.0541. The molecule has 0 aliphatic rings. The van der Waals surface area contributed by atoms with Crippen molar-refractivity contribution in [3.8, 4) is 0 Å². The lowest BCUT2D eigenvalue weighted by Crippen LogP contribution is -2.31. The number of nitrogens with zero attached hydrogens (tertiary/aromatic N) is 1. The Morgan fingerprint density at radius 1 is 1.38 bits per heavy atom. The van der Waals surface area contributed by atoms with Gasteiger partial charge in [0, 0.05) is 28.6 Å². The summed E-state index contributed by atoms with van der Waals surface area (Å²) in [7, 11) is 0. The second kappa shape index (κ2) is 5.50. The molecule has 0 saturated heterocycles. The Morgan fingerprint density at radius 3 is 2.50 bits per heavy atom. The predicted molar refractivity (Wildman–Crippen MR) is 75.1 cm³/mol. The standard InChI is InChI=1S/C12H17Br2NO/c1-12(2,3)9(6-13)7-15-8-10(14)4-5-11(15)16/h4-5,8-9H,6-7H2,1-3H3. The third-order valence-electron chi connectivity index (χ3n) is 2.78. The van der Waals surface area contributed by atoms with E-state index in [1.807, 2.05) is 6.20 Å². The number of aromatic nitrogens is 1. The van der Waals surface area contributed by atoms with Gasteiger partial charge < -0.3 is 4.57 Å². The number of halogens is 2. The first-order chi connectivity index (χ1) is 7.34. The van der Waals surface area contributed by atoms with Crippen molar-refractivity contribution in [3.63, 3.8) is 0 Å². The van der Waals surface area contributed by atoms with Gasteiger partial charge in [0.2, 0.25) is 0 Å². The number of alkyl halides is 1. The van der Waals surface area contributed by atoms with Gasteiger partial charge in [-0.15, -0.1) is 0 Å². The molecule has 1 rings (SSSR count). The first-order valence-corrected chi connectivity index (χ1v) is 7.18. The molecule has 0 saturated carbocycles. The Kier molecular flexibility index (Phi) is 4.80. The van der Waals surface area contributed by atoms with Crippen molar-refractivity contribution in [3.05, 3.63) is 33.2 Å². The topological polar surface area (TPSA) is 22.0 Å². The highest BCUT2D eigenvalue weighted by Gasteiger charge is 2.24. The number of hydrogen-bond acceptors (Lipinski definition) is 1. The highest BCUT2D eigenvalue weighted by Crippen LogP contribution is 2.28. The van der Waals surface area contributed by atoms with Crippen molar-refractivity contribution in [2.45, 2.75) is 27.3 Å². The van der Waals surface area contributed by atoms with Crippen LogP contribution in [0.1, 0.15) is 20.8 Å². The van der Waals surface area contributed by atoms with Crippen molar-refractivity contribution >= 4 is 31.9 Å². The summed E-state index contributed by atoms with van der Waals surface area (Å²) in [6, 6.07) is 3.37. The second-order valence-electron chi connectivity index (χ2n) is 5.06. The Bertz CT molecular complexity index is 406. The van der Waals surface area contributed by atoms with Crippen LogP contribution in [0.5, 0.6) is 0 Å². The third-order valence-corrected chi connectivity index (χ3v) is 4.03. The zero-order chi connectivity index (χ0) is 12.3. The van der Waals surface area contributed by atoms with E-state index in [1.54, 1.807) is 16.7 Å². The fourth-order valence-corrected chi connectivity index (χ4v) is 2.99. The molecule has 0 aromatic carbocycles. The van der Waals surface area contributed by atoms with Crippen LogP contribution >= 0.6 is 31.9 Å². The second-order valence-corrected chi connectivity index (χ2v) is 6.62. The van der Waals surface area contributed by atoms with E-state index in [-0.39, 0.29) is 11.0 Å². The maximum Gasteiger partial charge on any atom is 0.250 e. The molecule has 90 valence electrons. The van der Waals surface area contributed by atoms with Crippen molar-refractivity contribution < 1.29 is 0 Å². The van der Waals surface area contributed by atoms with Crippen LogP contribution < -0.4 is 5.56 Å². The molecule has 1 atom stereocenters. The van der Waals surface area contributed by atoms with E-state index < -0.39 is 0 Å². The average molecular weight is 351 g/mol. The largest absolute Gasteiger partial charge is 0.314 e. The van der Waals surface area contributed by atoms with Gasteiger partial charge in [-0.2, -0.15) is 0 Å². The molecule has 0 amide bonds. The summed E-state index contributed by atoms with van der Waals surface area (Å²) >= 11 is 6.91. The summed E-state index contributed by atoms with van der Waals surface area (Å²) in [5.41, 5.74) is 0.240. The quantitative estimate of drug-likeness (QED) is 0.762. The molecule has 4 heteroatoms. The molecule has 0 radical (unpaired) electrons. The molecule has 1 unspecified atom stereocenters. The molecule has 16 heavy (non-hydrogen) atoms. The van der Waals surface area contributed by atoms with E-state index in [1.165, 1.54) is 0 Å². The van der Waals surface area contributed by atoms with Crippen LogP contribution in [0.15, 0.2) is 27.6 Å². The highest BCUT2D eigenvalue weighted by molar-refractivity contribution is 9.10. The maximum atomic E-state index is 11.7. The van der Waals surface area contributed by atoms with E-state index in [9.17, 15) is 4.79 Å². The van der Waals surface area contributed by atoms with E-state index in [2.05, 4.69) is 52.6 Å². The van der Waals surface area contributed by atoms with Crippen molar-refractivity contribution in [2.75, 3.05) is 5.33 Å². The van der Waals surface area contributed by atoms with Gasteiger partial charge in [-0.3, -0.25) is 4.79 Å². The minimum Gasteiger partial charge on any atom is -0.314 e. The van der Waals surface area contributed by atoms with Crippen molar-refractivity contribution in [2.24, 2.45) is 11.3 Å². The molecule has 0 spiro atoms. The maximum absolute atomic E-state index is 11.7. The van der Waals surface area contributed by atoms with Crippen molar-refractivity contribution in [1.82, 2.24) is 4.57 Å². The van der Waals surface area contributed by atoms with Crippen molar-refractivity contribution in [1.29, 1.82) is 0 Å². The summed E-state index contributed by atoms with van der Waals surface area (Å²) in [4.78, 5) is 11.7. The molecule has 0 fully saturated rings. The Balaban J connectivity index is 2.95. The summed E-state index contributed by atoms with van der Waals surface area (Å²) in [6.45, 7) is 7.33. The fraction of sp³-hybridized carbons (Fsp3) is 0.583. The molecule has 0 N–H and O–H groups in total. The van der Waals surface area contributed by atoms with Crippen LogP contribution in [0.4, 0.5) is 0 Å². The molecule has 1 aromatic rings. The van der Waals surface area contributed by atoms with Gasteiger partial charge in [0.25, 0.3) is 5.56 Å². The Hall–Kier alpha value is -0.0900. The lowest BCUT2D eigenvalue weighted by molar-refractivity contribution is 0.237. The van der Waals surface area contributed by atoms with Gasteiger partial charge in [-0.25, -0.2) is 0 Å². The zero-order valence-corrected chi connectivity index (χ0v) is 13.0. The van der Waals surface area contributed by atoms with E-state index in [4.69, 9.17) is 0 Å². The molecule has 0 bridgehead atoms. The SMILES string of the molecule is CC(C)(C)C(CBr)Cn1cc(Br)ccc1=O. The molecule has 1 aromatic heterocycles. The van der Waals surface area contributed by atoms with Gasteiger partial charge in [0.1, 0.15) is 0 Å². The first kappa shape index (κ1) is 14.0. The predicted octanol–water partition coefficient (Wildman–Crippen LogP) is 3.67.